The molecule has 0 saturated carbocycles. The van der Waals surface area contributed by atoms with Crippen molar-refractivity contribution < 1.29 is 29.1 Å². The van der Waals surface area contributed by atoms with Crippen molar-refractivity contribution >= 4 is 40.4 Å². The Hall–Kier alpha value is -5.69. The number of amides is 5. The van der Waals surface area contributed by atoms with E-state index in [0.29, 0.717) is 19.3 Å². The first kappa shape index (κ1) is 46.4. The molecule has 9 N–H and O–H groups in total. The molecule has 3 aromatic carbocycles. The number of rotatable bonds is 23. The van der Waals surface area contributed by atoms with E-state index in [1.807, 2.05) is 68.4 Å². The van der Waals surface area contributed by atoms with Crippen LogP contribution in [0.5, 0.6) is 5.75 Å². The fourth-order valence-corrected chi connectivity index (χ4v) is 8.45. The summed E-state index contributed by atoms with van der Waals surface area (Å²) in [5.74, 6) is -2.62. The Morgan fingerprint density at radius 3 is 2.11 bits per heavy atom. The highest BCUT2D eigenvalue weighted by Gasteiger charge is 2.40. The van der Waals surface area contributed by atoms with Crippen molar-refractivity contribution in [2.24, 2.45) is 11.5 Å². The van der Waals surface area contributed by atoms with E-state index in [-0.39, 0.29) is 31.6 Å². The van der Waals surface area contributed by atoms with Gasteiger partial charge in [0.1, 0.15) is 29.9 Å². The zero-order chi connectivity index (χ0) is 43.9. The van der Waals surface area contributed by atoms with Gasteiger partial charge in [0, 0.05) is 42.9 Å². The van der Waals surface area contributed by atoms with E-state index >= 15 is 0 Å². The first-order chi connectivity index (χ1) is 29.4. The molecule has 0 bridgehead atoms. The van der Waals surface area contributed by atoms with Crippen molar-refractivity contribution in [3.05, 3.63) is 101 Å². The molecule has 13 nitrogen and oxygen atoms in total. The van der Waals surface area contributed by atoms with Crippen molar-refractivity contribution in [1.82, 2.24) is 25.8 Å². The minimum atomic E-state index is -1.13. The monoisotopic (exact) mass is 835 g/mol. The second kappa shape index (κ2) is 22.8. The average molecular weight is 836 g/mol. The van der Waals surface area contributed by atoms with Crippen LogP contribution in [0.25, 0.3) is 10.9 Å². The number of hydrogen-bond donors (Lipinski definition) is 7. The predicted octanol–water partition coefficient (Wildman–Crippen LogP) is 5.31. The van der Waals surface area contributed by atoms with Crippen LogP contribution in [-0.4, -0.2) is 81.3 Å². The molecule has 1 aliphatic rings. The quantitative estimate of drug-likeness (QED) is 0.0489. The number of aromatic nitrogens is 1. The van der Waals surface area contributed by atoms with Crippen LogP contribution in [0.4, 0.5) is 0 Å². The number of aryl methyl sites for hydroxylation is 2. The number of carbonyl (C=O) groups excluding carboxylic acids is 5. The summed E-state index contributed by atoms with van der Waals surface area (Å²) in [5.41, 5.74) is 16.9. The first-order valence-corrected chi connectivity index (χ1v) is 22.0. The molecule has 1 fully saturated rings. The summed E-state index contributed by atoms with van der Waals surface area (Å²) in [6, 6.07) is 15.1. The van der Waals surface area contributed by atoms with Gasteiger partial charge in [-0.15, -0.1) is 0 Å². The number of benzene rings is 3. The number of hydrogen-bond acceptors (Lipinski definition) is 7. The SMILES string of the molecule is CCCCCCCCCCC(N)C(=O)NC(Cc1c(C)cc(O)cc1C)C(=O)N1CCCC1C(=O)NC(Cc1c[nH]c2ccccc12)C(=O)NC(Cc1ccccc1)C(N)=O. The van der Waals surface area contributed by atoms with Crippen LogP contribution < -0.4 is 27.4 Å². The largest absolute Gasteiger partial charge is 0.508 e. The maximum absolute atomic E-state index is 14.6. The molecule has 0 spiro atoms. The summed E-state index contributed by atoms with van der Waals surface area (Å²) in [6.45, 7) is 6.14. The highest BCUT2D eigenvalue weighted by atomic mass is 16.3. The lowest BCUT2D eigenvalue weighted by Crippen LogP contribution is -2.59. The molecular weight excluding hydrogens is 771 g/mol. The number of nitrogens with two attached hydrogens (primary N) is 2. The predicted molar refractivity (Wildman–Crippen MR) is 238 cm³/mol. The Balaban J connectivity index is 1.34. The molecule has 1 saturated heterocycles. The highest BCUT2D eigenvalue weighted by molar-refractivity contribution is 5.97. The van der Waals surface area contributed by atoms with Gasteiger partial charge < -0.3 is 42.4 Å². The van der Waals surface area contributed by atoms with Gasteiger partial charge in [-0.2, -0.15) is 0 Å². The molecule has 1 aliphatic heterocycles. The number of carbonyl (C=O) groups is 5. The van der Waals surface area contributed by atoms with E-state index < -0.39 is 59.7 Å². The normalized spacial score (nSPS) is 15.8. The molecule has 5 amide bonds. The van der Waals surface area contributed by atoms with Crippen LogP contribution in [0, 0.1) is 13.8 Å². The number of nitrogens with one attached hydrogen (secondary N) is 4. The molecule has 1 aromatic heterocycles. The third-order valence-corrected chi connectivity index (χ3v) is 11.9. The summed E-state index contributed by atoms with van der Waals surface area (Å²) in [5, 5.41) is 19.8. The van der Waals surface area contributed by atoms with Crippen molar-refractivity contribution in [3.63, 3.8) is 0 Å². The Labute approximate surface area is 359 Å². The molecule has 5 atom stereocenters. The lowest BCUT2D eigenvalue weighted by Gasteiger charge is -2.31. The summed E-state index contributed by atoms with van der Waals surface area (Å²) in [7, 11) is 0. The molecule has 0 aliphatic carbocycles. The van der Waals surface area contributed by atoms with Crippen LogP contribution >= 0.6 is 0 Å². The maximum Gasteiger partial charge on any atom is 0.246 e. The fraction of sp³-hybridized carbons (Fsp3) is 0.479. The fourth-order valence-electron chi connectivity index (χ4n) is 8.45. The topological polar surface area (TPSA) is 213 Å². The van der Waals surface area contributed by atoms with Crippen LogP contribution in [0.3, 0.4) is 0 Å². The van der Waals surface area contributed by atoms with Gasteiger partial charge in [-0.25, -0.2) is 0 Å². The second-order valence-corrected chi connectivity index (χ2v) is 16.7. The number of phenols is 1. The van der Waals surface area contributed by atoms with Gasteiger partial charge in [-0.3, -0.25) is 24.0 Å². The van der Waals surface area contributed by atoms with Gasteiger partial charge in [-0.05, 0) is 79.1 Å². The van der Waals surface area contributed by atoms with Gasteiger partial charge in [0.05, 0.1) is 6.04 Å². The van der Waals surface area contributed by atoms with Crippen LogP contribution in [0.15, 0.2) is 72.9 Å². The van der Waals surface area contributed by atoms with Crippen LogP contribution in [0.2, 0.25) is 0 Å². The van der Waals surface area contributed by atoms with Gasteiger partial charge in [-0.1, -0.05) is 107 Å². The molecular formula is C48H65N7O6. The van der Waals surface area contributed by atoms with E-state index in [1.54, 1.807) is 18.3 Å². The summed E-state index contributed by atoms with van der Waals surface area (Å²) in [6.07, 6.45) is 12.4. The van der Waals surface area contributed by atoms with E-state index in [4.69, 9.17) is 11.5 Å². The number of unbranched alkanes of at least 4 members (excludes halogenated alkanes) is 7. The third kappa shape index (κ3) is 13.1. The average Bonchev–Trinajstić information content (AvgIpc) is 3.90. The maximum atomic E-state index is 14.6. The number of fused-ring (bicyclic) bond motifs is 1. The Morgan fingerprint density at radius 2 is 1.43 bits per heavy atom. The minimum absolute atomic E-state index is 0.0912. The Bertz CT molecular complexity index is 2080. The molecule has 2 heterocycles. The summed E-state index contributed by atoms with van der Waals surface area (Å²) in [4.78, 5) is 74.1. The van der Waals surface area contributed by atoms with Crippen LogP contribution in [0.1, 0.15) is 105 Å². The summed E-state index contributed by atoms with van der Waals surface area (Å²) >= 11 is 0. The molecule has 328 valence electrons. The van der Waals surface area contributed by atoms with Crippen molar-refractivity contribution in [3.8, 4) is 5.75 Å². The van der Waals surface area contributed by atoms with E-state index in [0.717, 1.165) is 64.4 Å². The number of aromatic amines is 1. The van der Waals surface area contributed by atoms with Crippen molar-refractivity contribution in [1.29, 1.82) is 0 Å². The zero-order valence-corrected chi connectivity index (χ0v) is 36.0. The zero-order valence-electron chi connectivity index (χ0n) is 36.0. The second-order valence-electron chi connectivity index (χ2n) is 16.7. The molecule has 5 unspecified atom stereocenters. The van der Waals surface area contributed by atoms with Gasteiger partial charge in [0.15, 0.2) is 0 Å². The number of para-hydroxylation sites is 1. The van der Waals surface area contributed by atoms with E-state index in [1.165, 1.54) is 30.6 Å². The lowest BCUT2D eigenvalue weighted by molar-refractivity contribution is -0.142. The molecule has 5 rings (SSSR count). The molecule has 0 radical (unpaired) electrons. The minimum Gasteiger partial charge on any atom is -0.508 e. The van der Waals surface area contributed by atoms with Gasteiger partial charge >= 0.3 is 0 Å². The van der Waals surface area contributed by atoms with Crippen LogP contribution in [-0.2, 0) is 43.2 Å². The van der Waals surface area contributed by atoms with Crippen molar-refractivity contribution in [2.45, 2.75) is 141 Å². The third-order valence-electron chi connectivity index (χ3n) is 11.9. The molecule has 61 heavy (non-hydrogen) atoms. The highest BCUT2D eigenvalue weighted by Crippen LogP contribution is 2.26. The number of aromatic hydroxyl groups is 1. The van der Waals surface area contributed by atoms with Gasteiger partial charge in [0.2, 0.25) is 29.5 Å². The van der Waals surface area contributed by atoms with Gasteiger partial charge in [0.25, 0.3) is 0 Å². The molecule has 4 aromatic rings. The van der Waals surface area contributed by atoms with E-state index in [9.17, 15) is 29.1 Å². The van der Waals surface area contributed by atoms with Crippen molar-refractivity contribution in [2.75, 3.05) is 6.54 Å². The first-order valence-electron chi connectivity index (χ1n) is 22.0. The number of H-pyrrole nitrogens is 1. The number of nitrogens with zero attached hydrogens (tertiary/aromatic N) is 1. The Morgan fingerprint density at radius 1 is 0.787 bits per heavy atom. The standard InChI is InChI=1S/C48H65N7O6/c1-4-5-6-7-8-9-10-14-21-38(49)45(58)54-42(29-37-31(2)25-35(56)26-32(37)3)48(61)55-24-17-23-43(55)47(60)53-41(28-34-30-51-39-22-16-15-20-36(34)39)46(59)52-40(44(50)57)27-33-18-12-11-13-19-33/h11-13,15-16,18-20,22,25-26,30,38,40-43,51,56H,4-10,14,17,21,23-24,27-29,49H2,1-3H3,(H2,50,57)(H,52,59)(H,53,60)(H,54,58). The number of phenolic OH excluding ortho intramolecular Hbond substituents is 1. The van der Waals surface area contributed by atoms with E-state index in [2.05, 4.69) is 27.9 Å². The number of likely N-dealkylation sites (tertiary alicyclic amines) is 1. The lowest BCUT2D eigenvalue weighted by atomic mass is 9.94. The smallest absolute Gasteiger partial charge is 0.246 e. The number of primary amides is 1. The Kier molecular flexibility index (Phi) is 17.3. The molecule has 13 heteroatoms. The summed E-state index contributed by atoms with van der Waals surface area (Å²) < 4.78 is 0.